The van der Waals surface area contributed by atoms with E-state index in [1.54, 1.807) is 13.3 Å². The average Bonchev–Trinajstić information content (AvgIpc) is 2.98. The first kappa shape index (κ1) is 14.5. The maximum Gasteiger partial charge on any atom is 0.120 e. The predicted octanol–water partition coefficient (Wildman–Crippen LogP) is 2.57. The Balaban J connectivity index is 1.88. The van der Waals surface area contributed by atoms with E-state index in [0.29, 0.717) is 0 Å². The van der Waals surface area contributed by atoms with E-state index in [2.05, 4.69) is 39.2 Å². The number of methoxy groups -OCH3 is 1. The number of ether oxygens (including phenoxy) is 1. The summed E-state index contributed by atoms with van der Waals surface area (Å²) in [7, 11) is 1.73. The number of hydrogen-bond donors (Lipinski definition) is 1. The maximum atomic E-state index is 5.16. The van der Waals surface area contributed by atoms with Crippen LogP contribution in [0.4, 0.5) is 0 Å². The normalized spacial score (nSPS) is 11.5. The smallest absolute Gasteiger partial charge is 0.120 e. The predicted molar refractivity (Wildman–Crippen MR) is 81.2 cm³/mol. The van der Waals surface area contributed by atoms with Crippen molar-refractivity contribution in [3.05, 3.63) is 60.2 Å². The molecule has 0 saturated carbocycles. The van der Waals surface area contributed by atoms with Crippen molar-refractivity contribution in [3.63, 3.8) is 0 Å². The van der Waals surface area contributed by atoms with Crippen molar-refractivity contribution in [1.29, 1.82) is 0 Å². The van der Waals surface area contributed by atoms with Crippen molar-refractivity contribution in [2.75, 3.05) is 26.8 Å². The van der Waals surface area contributed by atoms with Gasteiger partial charge in [-0.2, -0.15) is 0 Å². The van der Waals surface area contributed by atoms with Crippen LogP contribution >= 0.6 is 0 Å². The van der Waals surface area contributed by atoms with Crippen molar-refractivity contribution in [2.45, 2.75) is 6.54 Å². The largest absolute Gasteiger partial charge is 0.383 e. The van der Waals surface area contributed by atoms with Gasteiger partial charge in [0.05, 0.1) is 13.2 Å². The monoisotopic (exact) mass is 271 g/mol. The number of hydrogen-bond acceptors (Lipinski definition) is 3. The quantitative estimate of drug-likeness (QED) is 0.802. The first-order valence-electron chi connectivity index (χ1n) is 6.79. The molecule has 0 fully saturated rings. The molecule has 0 saturated heterocycles. The Kier molecular flexibility index (Phi) is 6.02. The highest BCUT2D eigenvalue weighted by molar-refractivity contribution is 5.48. The number of H-pyrrole nitrogens is 1. The molecule has 2 aromatic rings. The highest BCUT2D eigenvalue weighted by atomic mass is 16.5. The van der Waals surface area contributed by atoms with Crippen molar-refractivity contribution in [1.82, 2.24) is 14.9 Å². The number of aromatic nitrogens is 2. The van der Waals surface area contributed by atoms with Gasteiger partial charge in [0.1, 0.15) is 5.82 Å². The van der Waals surface area contributed by atoms with E-state index >= 15 is 0 Å². The topological polar surface area (TPSA) is 41.1 Å². The minimum Gasteiger partial charge on any atom is -0.383 e. The van der Waals surface area contributed by atoms with Gasteiger partial charge in [0.2, 0.25) is 0 Å². The van der Waals surface area contributed by atoms with Crippen LogP contribution in [0.25, 0.3) is 6.08 Å². The zero-order chi connectivity index (χ0) is 14.0. The van der Waals surface area contributed by atoms with E-state index in [1.807, 2.05) is 24.4 Å². The summed E-state index contributed by atoms with van der Waals surface area (Å²) in [5.41, 5.74) is 1.22. The summed E-state index contributed by atoms with van der Waals surface area (Å²) in [5, 5.41) is 0. The number of nitrogens with zero attached hydrogens (tertiary/aromatic N) is 2. The summed E-state index contributed by atoms with van der Waals surface area (Å²) < 4.78 is 5.16. The second-order valence-electron chi connectivity index (χ2n) is 4.58. The Morgan fingerprint density at radius 1 is 1.30 bits per heavy atom. The fraction of sp³-hybridized carbons (Fsp3) is 0.312. The van der Waals surface area contributed by atoms with Gasteiger partial charge in [-0.05, 0) is 5.56 Å². The molecule has 0 aliphatic heterocycles. The molecule has 0 atom stereocenters. The SMILES string of the molecule is COCCN(C/C=C/c1ccccc1)Cc1ncc[nH]1. The molecule has 1 heterocycles. The molecule has 20 heavy (non-hydrogen) atoms. The molecule has 0 aliphatic rings. The van der Waals surface area contributed by atoms with E-state index in [9.17, 15) is 0 Å². The lowest BCUT2D eigenvalue weighted by Gasteiger charge is -2.18. The van der Waals surface area contributed by atoms with E-state index < -0.39 is 0 Å². The number of aromatic amines is 1. The Morgan fingerprint density at radius 2 is 2.15 bits per heavy atom. The van der Waals surface area contributed by atoms with E-state index in [4.69, 9.17) is 4.74 Å². The standard InChI is InChI=1S/C16H21N3O/c1-20-13-12-19(14-16-17-9-10-18-16)11-5-8-15-6-3-2-4-7-15/h2-10H,11-14H2,1H3,(H,17,18)/b8-5+. The van der Waals surface area contributed by atoms with Gasteiger partial charge in [-0.1, -0.05) is 42.5 Å². The van der Waals surface area contributed by atoms with Crippen molar-refractivity contribution < 1.29 is 4.74 Å². The summed E-state index contributed by atoms with van der Waals surface area (Å²) in [6.45, 7) is 3.28. The molecule has 1 aromatic carbocycles. The molecule has 0 aliphatic carbocycles. The molecule has 0 amide bonds. The van der Waals surface area contributed by atoms with Crippen LogP contribution in [0, 0.1) is 0 Å². The van der Waals surface area contributed by atoms with Crippen LogP contribution in [0.2, 0.25) is 0 Å². The molecule has 106 valence electrons. The number of nitrogens with one attached hydrogen (secondary N) is 1. The minimum absolute atomic E-state index is 0.722. The molecule has 1 aromatic heterocycles. The lowest BCUT2D eigenvalue weighted by molar-refractivity contribution is 0.150. The van der Waals surface area contributed by atoms with Crippen LogP contribution in [0.15, 0.2) is 48.8 Å². The van der Waals surface area contributed by atoms with Gasteiger partial charge >= 0.3 is 0 Å². The zero-order valence-corrected chi connectivity index (χ0v) is 11.8. The van der Waals surface area contributed by atoms with E-state index in [1.165, 1.54) is 5.56 Å². The lowest BCUT2D eigenvalue weighted by Crippen LogP contribution is -2.27. The van der Waals surface area contributed by atoms with E-state index in [-0.39, 0.29) is 0 Å². The molecule has 0 radical (unpaired) electrons. The Morgan fingerprint density at radius 3 is 2.85 bits per heavy atom. The Labute approximate surface area is 120 Å². The summed E-state index contributed by atoms with van der Waals surface area (Å²) in [4.78, 5) is 9.70. The van der Waals surface area contributed by atoms with Crippen LogP contribution in [-0.2, 0) is 11.3 Å². The molecule has 1 N–H and O–H groups in total. The highest BCUT2D eigenvalue weighted by Crippen LogP contribution is 2.03. The summed E-state index contributed by atoms with van der Waals surface area (Å²) >= 11 is 0. The third-order valence-electron chi connectivity index (χ3n) is 3.01. The molecule has 4 heteroatoms. The van der Waals surface area contributed by atoms with Gasteiger partial charge < -0.3 is 9.72 Å². The lowest BCUT2D eigenvalue weighted by atomic mass is 10.2. The van der Waals surface area contributed by atoms with Crippen LogP contribution < -0.4 is 0 Å². The maximum absolute atomic E-state index is 5.16. The van der Waals surface area contributed by atoms with Crippen molar-refractivity contribution >= 4 is 6.08 Å². The second-order valence-corrected chi connectivity index (χ2v) is 4.58. The molecule has 2 rings (SSSR count). The van der Waals surface area contributed by atoms with Gasteiger partial charge in [0, 0.05) is 32.6 Å². The first-order chi connectivity index (χ1) is 9.88. The molecular weight excluding hydrogens is 250 g/mol. The van der Waals surface area contributed by atoms with Crippen LogP contribution in [-0.4, -0.2) is 41.7 Å². The molecule has 4 nitrogen and oxygen atoms in total. The Hall–Kier alpha value is -1.91. The minimum atomic E-state index is 0.722. The van der Waals surface area contributed by atoms with Crippen molar-refractivity contribution in [2.24, 2.45) is 0 Å². The summed E-state index contributed by atoms with van der Waals surface area (Å²) in [6, 6.07) is 10.3. The fourth-order valence-electron chi connectivity index (χ4n) is 1.95. The first-order valence-corrected chi connectivity index (χ1v) is 6.79. The van der Waals surface area contributed by atoms with Crippen LogP contribution in [0.5, 0.6) is 0 Å². The molecule has 0 spiro atoms. The average molecular weight is 271 g/mol. The third kappa shape index (κ3) is 4.99. The van der Waals surface area contributed by atoms with Gasteiger partial charge in [0.15, 0.2) is 0 Å². The van der Waals surface area contributed by atoms with E-state index in [0.717, 1.165) is 32.1 Å². The van der Waals surface area contributed by atoms with Crippen molar-refractivity contribution in [3.8, 4) is 0 Å². The third-order valence-corrected chi connectivity index (χ3v) is 3.01. The fourth-order valence-corrected chi connectivity index (χ4v) is 1.95. The summed E-state index contributed by atoms with van der Waals surface area (Å²) in [6.07, 6.45) is 7.95. The van der Waals surface area contributed by atoms with Gasteiger partial charge in [-0.3, -0.25) is 4.90 Å². The van der Waals surface area contributed by atoms with Gasteiger partial charge in [-0.15, -0.1) is 0 Å². The number of benzene rings is 1. The molecule has 0 unspecified atom stereocenters. The second kappa shape index (κ2) is 8.30. The van der Waals surface area contributed by atoms with Gasteiger partial charge in [0.25, 0.3) is 0 Å². The molecule has 0 bridgehead atoms. The van der Waals surface area contributed by atoms with Crippen LogP contribution in [0.1, 0.15) is 11.4 Å². The number of imidazole rings is 1. The summed E-state index contributed by atoms with van der Waals surface area (Å²) in [5.74, 6) is 0.981. The molecular formula is C16H21N3O. The van der Waals surface area contributed by atoms with Gasteiger partial charge in [-0.25, -0.2) is 4.98 Å². The van der Waals surface area contributed by atoms with Crippen LogP contribution in [0.3, 0.4) is 0 Å². The number of rotatable bonds is 8. The zero-order valence-electron chi connectivity index (χ0n) is 11.8. The Bertz CT molecular complexity index is 494. The highest BCUT2D eigenvalue weighted by Gasteiger charge is 2.05.